The number of hydrogen-bond donors (Lipinski definition) is 4. The first kappa shape index (κ1) is 22.8. The molecule has 8 nitrogen and oxygen atoms in total. The summed E-state index contributed by atoms with van der Waals surface area (Å²) in [4.78, 5) is 17.7. The SMILES string of the molecule is C/C=C1/[C@H](O)O[C@@H](O)[C@@]2(C(=O)O)[C@H]1[C@@H](C(C)C)[C@H](O)[C@]13N(C)CC[C@]21c1ccccc1N3C. The van der Waals surface area contributed by atoms with E-state index in [-0.39, 0.29) is 5.92 Å². The number of anilines is 1. The van der Waals surface area contributed by atoms with Crippen molar-refractivity contribution in [2.24, 2.45) is 23.2 Å². The molecular weight excluding hydrogens is 424 g/mol. The fourth-order valence-corrected chi connectivity index (χ4v) is 8.44. The van der Waals surface area contributed by atoms with Crippen molar-refractivity contribution in [3.05, 3.63) is 41.5 Å². The highest BCUT2D eigenvalue weighted by atomic mass is 16.7. The number of aliphatic hydroxyl groups excluding tert-OH is 3. The molecule has 5 rings (SSSR count). The normalized spacial score (nSPS) is 45.7. The van der Waals surface area contributed by atoms with Gasteiger partial charge in [0.25, 0.3) is 0 Å². The number of rotatable bonds is 2. The number of carboxylic acids is 1. The maximum Gasteiger partial charge on any atom is 0.316 e. The zero-order valence-corrected chi connectivity index (χ0v) is 19.8. The smallest absolute Gasteiger partial charge is 0.316 e. The Morgan fingerprint density at radius 3 is 2.48 bits per heavy atom. The Kier molecular flexibility index (Phi) is 4.85. The van der Waals surface area contributed by atoms with Crippen molar-refractivity contribution in [3.8, 4) is 0 Å². The zero-order valence-electron chi connectivity index (χ0n) is 19.8. The number of likely N-dealkylation sites (N-methyl/N-ethyl adjacent to an activating group) is 2. The van der Waals surface area contributed by atoms with Gasteiger partial charge in [0.1, 0.15) is 11.1 Å². The highest BCUT2D eigenvalue weighted by Crippen LogP contribution is 2.75. The van der Waals surface area contributed by atoms with Gasteiger partial charge in [-0.2, -0.15) is 0 Å². The van der Waals surface area contributed by atoms with Gasteiger partial charge >= 0.3 is 5.97 Å². The van der Waals surface area contributed by atoms with E-state index in [0.29, 0.717) is 18.5 Å². The van der Waals surface area contributed by atoms with Crippen LogP contribution in [0.5, 0.6) is 0 Å². The summed E-state index contributed by atoms with van der Waals surface area (Å²) >= 11 is 0. The Labute approximate surface area is 194 Å². The number of benzene rings is 1. The topological polar surface area (TPSA) is 114 Å². The molecule has 3 fully saturated rings. The molecule has 8 atom stereocenters. The average molecular weight is 459 g/mol. The van der Waals surface area contributed by atoms with Gasteiger partial charge < -0.3 is 30.1 Å². The molecule has 1 aromatic rings. The van der Waals surface area contributed by atoms with E-state index in [0.717, 1.165) is 11.3 Å². The minimum Gasteiger partial charge on any atom is -0.481 e. The summed E-state index contributed by atoms with van der Waals surface area (Å²) in [5, 5.41) is 45.7. The molecule has 3 heterocycles. The molecule has 33 heavy (non-hydrogen) atoms. The summed E-state index contributed by atoms with van der Waals surface area (Å²) in [7, 11) is 3.82. The van der Waals surface area contributed by atoms with Crippen LogP contribution in [0.1, 0.15) is 32.8 Å². The predicted octanol–water partition coefficient (Wildman–Crippen LogP) is 1.35. The molecule has 0 spiro atoms. The van der Waals surface area contributed by atoms with E-state index < -0.39 is 53.0 Å². The standard InChI is InChI=1S/C25H34N2O6/c1-6-14-18-17(13(2)3)19(28)25-23(11-12-26(25)4,15-9-7-8-10-16(15)27(25)5)24(18,21(30)31)22(32)33-20(14)29/h6-10,13,17-20,22,28-29,32H,11-12H2,1-5H3,(H,30,31)/b14-6+/t17-,18-,19+,20-,22-,23+,24+,25-/m1/s1. The molecular formula is C25H34N2O6. The highest BCUT2D eigenvalue weighted by molar-refractivity contribution is 5.85. The van der Waals surface area contributed by atoms with Crippen molar-refractivity contribution < 1.29 is 30.0 Å². The van der Waals surface area contributed by atoms with Crippen molar-refractivity contribution in [1.82, 2.24) is 4.90 Å². The fourth-order valence-electron chi connectivity index (χ4n) is 8.44. The van der Waals surface area contributed by atoms with Gasteiger partial charge in [-0.05, 0) is 49.4 Å². The minimum atomic E-state index is -1.83. The molecule has 4 N–H and O–H groups in total. The molecule has 0 radical (unpaired) electrons. The Morgan fingerprint density at radius 1 is 1.21 bits per heavy atom. The van der Waals surface area contributed by atoms with Crippen molar-refractivity contribution >= 4 is 11.7 Å². The second-order valence-corrected chi connectivity index (χ2v) is 10.4. The van der Waals surface area contributed by atoms with Gasteiger partial charge in [-0.3, -0.25) is 9.69 Å². The number of para-hydroxylation sites is 1. The van der Waals surface area contributed by atoms with Crippen LogP contribution in [-0.4, -0.2) is 76.3 Å². The van der Waals surface area contributed by atoms with Crippen LogP contribution in [0.2, 0.25) is 0 Å². The maximum absolute atomic E-state index is 13.6. The molecule has 1 saturated carbocycles. The number of likely N-dealkylation sites (tertiary alicyclic amines) is 1. The van der Waals surface area contributed by atoms with E-state index in [1.807, 2.05) is 57.1 Å². The van der Waals surface area contributed by atoms with Crippen molar-refractivity contribution in [2.75, 3.05) is 25.5 Å². The van der Waals surface area contributed by atoms with E-state index in [9.17, 15) is 25.2 Å². The van der Waals surface area contributed by atoms with Gasteiger partial charge in [0.05, 0.1) is 11.5 Å². The van der Waals surface area contributed by atoms with Gasteiger partial charge in [-0.15, -0.1) is 0 Å². The first-order valence-electron chi connectivity index (χ1n) is 11.7. The van der Waals surface area contributed by atoms with Crippen LogP contribution < -0.4 is 4.90 Å². The lowest BCUT2D eigenvalue weighted by atomic mass is 9.40. The van der Waals surface area contributed by atoms with Crippen LogP contribution in [-0.2, 0) is 14.9 Å². The lowest BCUT2D eigenvalue weighted by Gasteiger charge is -2.68. The Hall–Kier alpha value is -1.97. The van der Waals surface area contributed by atoms with E-state index >= 15 is 0 Å². The molecule has 0 amide bonds. The Morgan fingerprint density at radius 2 is 1.88 bits per heavy atom. The summed E-state index contributed by atoms with van der Waals surface area (Å²) in [6.45, 7) is 6.21. The van der Waals surface area contributed by atoms with E-state index in [1.54, 1.807) is 13.0 Å². The van der Waals surface area contributed by atoms with Crippen molar-refractivity contribution in [2.45, 2.75) is 57.0 Å². The third kappa shape index (κ3) is 2.14. The van der Waals surface area contributed by atoms with Crippen LogP contribution >= 0.6 is 0 Å². The molecule has 1 aliphatic carbocycles. The first-order valence-corrected chi connectivity index (χ1v) is 11.7. The largest absolute Gasteiger partial charge is 0.481 e. The number of carboxylic acid groups (broad SMARTS) is 1. The van der Waals surface area contributed by atoms with Crippen molar-refractivity contribution in [3.63, 3.8) is 0 Å². The molecule has 180 valence electrons. The molecule has 0 unspecified atom stereocenters. The number of allylic oxidation sites excluding steroid dienone is 1. The Balaban J connectivity index is 1.99. The summed E-state index contributed by atoms with van der Waals surface area (Å²) in [6, 6.07) is 7.65. The maximum atomic E-state index is 13.6. The van der Waals surface area contributed by atoms with Gasteiger partial charge in [0.15, 0.2) is 12.6 Å². The molecule has 0 bridgehead atoms. The third-order valence-electron chi connectivity index (χ3n) is 9.38. The van der Waals surface area contributed by atoms with E-state index in [2.05, 4.69) is 4.90 Å². The van der Waals surface area contributed by atoms with Crippen LogP contribution in [0.25, 0.3) is 0 Å². The fraction of sp³-hybridized carbons (Fsp3) is 0.640. The minimum absolute atomic E-state index is 0.130. The summed E-state index contributed by atoms with van der Waals surface area (Å²) in [5.74, 6) is -2.68. The Bertz CT molecular complexity index is 1030. The van der Waals surface area contributed by atoms with Gasteiger partial charge in [0.2, 0.25) is 0 Å². The molecule has 8 heteroatoms. The number of carbonyl (C=O) groups is 1. The second kappa shape index (κ2) is 7.02. The lowest BCUT2D eigenvalue weighted by molar-refractivity contribution is -0.324. The number of nitrogens with zero attached hydrogens (tertiary/aromatic N) is 2. The van der Waals surface area contributed by atoms with Crippen LogP contribution in [0, 0.1) is 23.2 Å². The van der Waals surface area contributed by atoms with E-state index in [4.69, 9.17) is 4.74 Å². The van der Waals surface area contributed by atoms with Gasteiger partial charge in [-0.25, -0.2) is 0 Å². The molecule has 1 aromatic carbocycles. The second-order valence-electron chi connectivity index (χ2n) is 10.4. The molecule has 4 aliphatic rings. The van der Waals surface area contributed by atoms with Gasteiger partial charge in [0, 0.05) is 25.2 Å². The van der Waals surface area contributed by atoms with E-state index in [1.165, 1.54) is 0 Å². The highest BCUT2D eigenvalue weighted by Gasteiger charge is 2.87. The lowest BCUT2D eigenvalue weighted by Crippen LogP contribution is -2.83. The first-order chi connectivity index (χ1) is 15.6. The number of aliphatic carboxylic acids is 1. The molecule has 0 aromatic heterocycles. The predicted molar refractivity (Wildman–Crippen MR) is 121 cm³/mol. The quantitative estimate of drug-likeness (QED) is 0.492. The average Bonchev–Trinajstić information content (AvgIpc) is 3.19. The summed E-state index contributed by atoms with van der Waals surface area (Å²) < 4.78 is 5.62. The van der Waals surface area contributed by atoms with Crippen LogP contribution in [0.3, 0.4) is 0 Å². The summed E-state index contributed by atoms with van der Waals surface area (Å²) in [6.07, 6.45) is -2.05. The van der Waals surface area contributed by atoms with Crippen LogP contribution in [0.15, 0.2) is 35.9 Å². The zero-order chi connectivity index (χ0) is 24.1. The monoisotopic (exact) mass is 458 g/mol. The van der Waals surface area contributed by atoms with Crippen LogP contribution in [0.4, 0.5) is 5.69 Å². The van der Waals surface area contributed by atoms with Gasteiger partial charge in [-0.1, -0.05) is 38.1 Å². The number of ether oxygens (including phenoxy) is 1. The number of aliphatic hydroxyl groups is 3. The molecule has 3 aliphatic heterocycles. The number of hydrogen-bond acceptors (Lipinski definition) is 7. The summed E-state index contributed by atoms with van der Waals surface area (Å²) in [5.41, 5.74) is -2.08. The third-order valence-corrected chi connectivity index (χ3v) is 9.38. The number of fused-ring (bicyclic) bond motifs is 2. The molecule has 2 saturated heterocycles. The van der Waals surface area contributed by atoms with Crippen molar-refractivity contribution in [1.29, 1.82) is 0 Å².